The zero-order valence-corrected chi connectivity index (χ0v) is 28.3. The van der Waals surface area contributed by atoms with E-state index in [1.54, 1.807) is 0 Å². The van der Waals surface area contributed by atoms with Crippen molar-refractivity contribution in [3.05, 3.63) is 194 Å². The van der Waals surface area contributed by atoms with Crippen molar-refractivity contribution in [2.24, 2.45) is 0 Å². The molecular weight excluding hydrogens is 633 g/mol. The molecule has 8 aromatic carbocycles. The monoisotopic (exact) mass is 664 g/mol. The molecule has 0 amide bonds. The normalized spacial score (nSPS) is 11.1. The quantitative estimate of drug-likeness (QED) is 0.188. The molecule has 0 unspecified atom stereocenters. The Morgan fingerprint density at radius 2 is 0.442 bits per heavy atom. The maximum Gasteiger partial charge on any atom is 0.0972 e. The Morgan fingerprint density at radius 3 is 0.673 bits per heavy atom. The molecule has 0 aliphatic heterocycles. The first-order valence-corrected chi connectivity index (χ1v) is 17.4. The molecule has 9 aromatic rings. The van der Waals surface area contributed by atoms with E-state index in [0.29, 0.717) is 0 Å². The lowest BCUT2D eigenvalue weighted by molar-refractivity contribution is 1.32. The average Bonchev–Trinajstić information content (AvgIpc) is 3.21. The van der Waals surface area contributed by atoms with Crippen LogP contribution in [0.2, 0.25) is 0 Å². The van der Waals surface area contributed by atoms with E-state index in [9.17, 15) is 0 Å². The van der Waals surface area contributed by atoms with Gasteiger partial charge in [-0.05, 0) is 35.0 Å². The van der Waals surface area contributed by atoms with Crippen LogP contribution in [0.4, 0.5) is 0 Å². The highest BCUT2D eigenvalue weighted by Gasteiger charge is 2.15. The van der Waals surface area contributed by atoms with Crippen LogP contribution in [0.1, 0.15) is 0 Å². The Labute approximate surface area is 301 Å². The van der Waals surface area contributed by atoms with Crippen molar-refractivity contribution in [3.8, 4) is 45.0 Å². The van der Waals surface area contributed by atoms with Gasteiger partial charge in [0, 0.05) is 33.0 Å². The second-order valence-electron chi connectivity index (χ2n) is 12.6. The fourth-order valence-corrected chi connectivity index (χ4v) is 6.86. The van der Waals surface area contributed by atoms with Gasteiger partial charge in [0.1, 0.15) is 0 Å². The van der Waals surface area contributed by atoms with Crippen molar-refractivity contribution in [2.75, 3.05) is 0 Å². The molecule has 0 atom stereocenters. The second-order valence-corrected chi connectivity index (χ2v) is 12.6. The van der Waals surface area contributed by atoms with E-state index < -0.39 is 0 Å². The van der Waals surface area contributed by atoms with E-state index in [1.807, 2.05) is 72.8 Å². The molecule has 0 aliphatic rings. The van der Waals surface area contributed by atoms with Gasteiger partial charge in [-0.25, -0.2) is 19.9 Å². The Hall–Kier alpha value is -7.04. The van der Waals surface area contributed by atoms with Gasteiger partial charge in [-0.3, -0.25) is 0 Å². The number of hydrogen-bond donors (Lipinski definition) is 0. The third-order valence-electron chi connectivity index (χ3n) is 9.29. The summed E-state index contributed by atoms with van der Waals surface area (Å²) in [6, 6.07) is 66.3. The van der Waals surface area contributed by atoms with Crippen LogP contribution >= 0.6 is 0 Å². The van der Waals surface area contributed by atoms with E-state index in [2.05, 4.69) is 121 Å². The molecule has 4 nitrogen and oxygen atoms in total. The van der Waals surface area contributed by atoms with Crippen molar-refractivity contribution >= 4 is 43.6 Å². The summed E-state index contributed by atoms with van der Waals surface area (Å²) < 4.78 is 0. The van der Waals surface area contributed by atoms with Crippen LogP contribution in [0.15, 0.2) is 194 Å². The lowest BCUT2D eigenvalue weighted by Crippen LogP contribution is -1.94. The van der Waals surface area contributed by atoms with Crippen molar-refractivity contribution in [3.63, 3.8) is 0 Å². The average molecular weight is 665 g/mol. The van der Waals surface area contributed by atoms with Crippen LogP contribution < -0.4 is 0 Å². The van der Waals surface area contributed by atoms with Gasteiger partial charge < -0.3 is 0 Å². The van der Waals surface area contributed by atoms with Crippen LogP contribution in [0.25, 0.3) is 88.6 Å². The highest BCUT2D eigenvalue weighted by molar-refractivity contribution is 6.08. The summed E-state index contributed by atoms with van der Waals surface area (Å²) in [6.07, 6.45) is 0. The third-order valence-corrected chi connectivity index (χ3v) is 9.29. The minimum absolute atomic E-state index is 0.765. The molecule has 1 aromatic heterocycles. The third kappa shape index (κ3) is 5.93. The highest BCUT2D eigenvalue weighted by Crippen LogP contribution is 2.34. The summed E-state index contributed by atoms with van der Waals surface area (Å²) in [5.41, 5.74) is 10.1. The highest BCUT2D eigenvalue weighted by atomic mass is 14.8. The Morgan fingerprint density at radius 1 is 0.212 bits per heavy atom. The van der Waals surface area contributed by atoms with Gasteiger partial charge >= 0.3 is 0 Å². The predicted molar refractivity (Wildman–Crippen MR) is 216 cm³/mol. The number of hydrogen-bond acceptors (Lipinski definition) is 4. The van der Waals surface area contributed by atoms with Crippen LogP contribution in [0.5, 0.6) is 0 Å². The smallest absolute Gasteiger partial charge is 0.0972 e. The van der Waals surface area contributed by atoms with E-state index in [1.165, 1.54) is 0 Å². The van der Waals surface area contributed by atoms with Crippen LogP contribution in [0, 0.1) is 0 Å². The summed E-state index contributed by atoms with van der Waals surface area (Å²) >= 11 is 0. The van der Waals surface area contributed by atoms with Crippen molar-refractivity contribution in [1.29, 1.82) is 0 Å². The first-order valence-electron chi connectivity index (χ1n) is 17.4. The summed E-state index contributed by atoms with van der Waals surface area (Å²) in [7, 11) is 0. The minimum Gasteiger partial charge on any atom is -0.245 e. The van der Waals surface area contributed by atoms with Crippen molar-refractivity contribution in [2.45, 2.75) is 0 Å². The summed E-state index contributed by atoms with van der Waals surface area (Å²) in [5.74, 6) is 0. The lowest BCUT2D eigenvalue weighted by Gasteiger charge is -2.11. The van der Waals surface area contributed by atoms with Gasteiger partial charge in [-0.15, -0.1) is 0 Å². The molecule has 0 spiro atoms. The topological polar surface area (TPSA) is 51.6 Å². The molecule has 52 heavy (non-hydrogen) atoms. The number of rotatable bonds is 4. The lowest BCUT2D eigenvalue weighted by atomic mass is 10.0. The SMILES string of the molecule is c1ccc(-c2nc3cccc4cccc(nc(-c5ccccc5)c(-c5ccccc5)nc5cccc6cccc(nc2-c2ccccc2)c65)c43)cc1. The standard InChI is InChI=1S/C48H32N4/c1-5-17-35(18-6-1)45-46(36-19-7-2-8-20-36)50-40-30-14-27-34-28-16-32-42(44(34)40)52-48(38-23-11-4-12-24-38)47(37-21-9-3-10-22-37)51-41-31-15-26-33-25-13-29-39(49-45)43(33)41/h1-32H. The zero-order valence-electron chi connectivity index (χ0n) is 28.3. The molecule has 244 valence electrons. The Bertz CT molecular complexity index is 2440. The first kappa shape index (κ1) is 31.0. The van der Waals surface area contributed by atoms with Gasteiger partial charge in [-0.2, -0.15) is 0 Å². The minimum atomic E-state index is 0.765. The first-order chi connectivity index (χ1) is 25.8. The van der Waals surface area contributed by atoms with Gasteiger partial charge in [-0.1, -0.05) is 170 Å². The van der Waals surface area contributed by atoms with Crippen molar-refractivity contribution in [1.82, 2.24) is 19.9 Å². The molecule has 0 N–H and O–H groups in total. The predicted octanol–water partition coefficient (Wildman–Crippen LogP) is 12.2. The van der Waals surface area contributed by atoms with Gasteiger partial charge in [0.2, 0.25) is 0 Å². The number of nitrogens with zero attached hydrogens (tertiary/aromatic N) is 4. The largest absolute Gasteiger partial charge is 0.245 e. The maximum atomic E-state index is 5.55. The fourth-order valence-electron chi connectivity index (χ4n) is 6.86. The molecular formula is C48H32N4. The summed E-state index contributed by atoms with van der Waals surface area (Å²) in [6.45, 7) is 0. The summed E-state index contributed by atoms with van der Waals surface area (Å²) in [5, 5.41) is 3.99. The zero-order chi connectivity index (χ0) is 34.7. The van der Waals surface area contributed by atoms with Crippen LogP contribution in [-0.2, 0) is 0 Å². The van der Waals surface area contributed by atoms with E-state index >= 15 is 0 Å². The second kappa shape index (κ2) is 13.7. The molecule has 4 heteroatoms. The molecule has 9 rings (SSSR count). The molecule has 0 bridgehead atoms. The maximum absolute atomic E-state index is 5.55. The summed E-state index contributed by atoms with van der Waals surface area (Å²) in [4.78, 5) is 22.2. The van der Waals surface area contributed by atoms with E-state index in [0.717, 1.165) is 88.6 Å². The molecule has 0 aliphatic carbocycles. The molecule has 0 radical (unpaired) electrons. The number of benzene rings is 8. The molecule has 0 saturated carbocycles. The van der Waals surface area contributed by atoms with Crippen molar-refractivity contribution < 1.29 is 0 Å². The molecule has 0 fully saturated rings. The fraction of sp³-hybridized carbons (Fsp3) is 0. The van der Waals surface area contributed by atoms with E-state index in [-0.39, 0.29) is 0 Å². The van der Waals surface area contributed by atoms with Gasteiger partial charge in [0.25, 0.3) is 0 Å². The van der Waals surface area contributed by atoms with E-state index in [4.69, 9.17) is 19.9 Å². The number of aromatic nitrogens is 4. The van der Waals surface area contributed by atoms with Crippen LogP contribution in [0.3, 0.4) is 0 Å². The molecule has 1 heterocycles. The Kier molecular flexibility index (Phi) is 8.16. The molecule has 0 saturated heterocycles. The Balaban J connectivity index is 1.61. The van der Waals surface area contributed by atoms with Gasteiger partial charge in [0.05, 0.1) is 44.8 Å². The van der Waals surface area contributed by atoms with Gasteiger partial charge in [0.15, 0.2) is 0 Å². The van der Waals surface area contributed by atoms with Crippen LogP contribution in [-0.4, -0.2) is 19.9 Å².